The number of imidazole rings is 1. The summed E-state index contributed by atoms with van der Waals surface area (Å²) in [5.74, 6) is 0. The van der Waals surface area contributed by atoms with Gasteiger partial charge in [-0.05, 0) is 25.5 Å². The van der Waals surface area contributed by atoms with Crippen LogP contribution in [0.1, 0.15) is 11.3 Å². The van der Waals surface area contributed by atoms with Crippen molar-refractivity contribution in [1.82, 2.24) is 14.5 Å². The lowest BCUT2D eigenvalue weighted by molar-refractivity contribution is 0.947. The van der Waals surface area contributed by atoms with Gasteiger partial charge in [-0.2, -0.15) is 0 Å². The predicted octanol–water partition coefficient (Wildman–Crippen LogP) is 1.59. The highest BCUT2D eigenvalue weighted by Crippen LogP contribution is 2.13. The van der Waals surface area contributed by atoms with Crippen LogP contribution in [0.15, 0.2) is 12.4 Å². The van der Waals surface area contributed by atoms with Crippen LogP contribution >= 0.6 is 0 Å². The minimum Gasteiger partial charge on any atom is -0.332 e. The van der Waals surface area contributed by atoms with Gasteiger partial charge in [-0.25, -0.2) is 9.97 Å². The summed E-state index contributed by atoms with van der Waals surface area (Å²) < 4.78 is 1.98. The summed E-state index contributed by atoms with van der Waals surface area (Å²) in [7, 11) is 1.98. The molecular formula is C9H11N3. The fourth-order valence-corrected chi connectivity index (χ4v) is 1.24. The van der Waals surface area contributed by atoms with Gasteiger partial charge in [0, 0.05) is 12.7 Å². The van der Waals surface area contributed by atoms with Crippen LogP contribution in [0.3, 0.4) is 0 Å². The molecule has 0 N–H and O–H groups in total. The number of aryl methyl sites for hydroxylation is 3. The van der Waals surface area contributed by atoms with Gasteiger partial charge in [-0.3, -0.25) is 0 Å². The molecule has 0 bridgehead atoms. The summed E-state index contributed by atoms with van der Waals surface area (Å²) in [5, 5.41) is 0. The molecule has 0 saturated carbocycles. The Bertz CT molecular complexity index is 429. The third kappa shape index (κ3) is 0.897. The number of nitrogens with zero attached hydrogens (tertiary/aromatic N) is 3. The summed E-state index contributed by atoms with van der Waals surface area (Å²) in [4.78, 5) is 8.54. The molecule has 0 aromatic carbocycles. The smallest absolute Gasteiger partial charge is 0.177 e. The average Bonchev–Trinajstić information content (AvgIpc) is 2.35. The molecule has 12 heavy (non-hydrogen) atoms. The van der Waals surface area contributed by atoms with Gasteiger partial charge in [0.15, 0.2) is 5.65 Å². The van der Waals surface area contributed by atoms with Crippen LogP contribution in [0, 0.1) is 13.8 Å². The molecule has 2 aromatic heterocycles. The molecule has 2 rings (SSSR count). The van der Waals surface area contributed by atoms with Crippen molar-refractivity contribution in [3.05, 3.63) is 23.7 Å². The lowest BCUT2D eigenvalue weighted by atomic mass is 10.2. The average molecular weight is 161 g/mol. The van der Waals surface area contributed by atoms with Crippen LogP contribution in [0.5, 0.6) is 0 Å². The lowest BCUT2D eigenvalue weighted by Crippen LogP contribution is -1.90. The quantitative estimate of drug-likeness (QED) is 0.587. The molecule has 2 heterocycles. The van der Waals surface area contributed by atoms with E-state index in [0.29, 0.717) is 0 Å². The number of fused-ring (bicyclic) bond motifs is 1. The van der Waals surface area contributed by atoms with E-state index in [4.69, 9.17) is 0 Å². The zero-order valence-electron chi connectivity index (χ0n) is 7.50. The summed E-state index contributed by atoms with van der Waals surface area (Å²) in [6, 6.07) is 2.12. The number of aromatic nitrogens is 3. The molecule has 62 valence electrons. The summed E-state index contributed by atoms with van der Waals surface area (Å²) in [6.07, 6.45) is 1.79. The van der Waals surface area contributed by atoms with Gasteiger partial charge in [0.1, 0.15) is 0 Å². The summed E-state index contributed by atoms with van der Waals surface area (Å²) >= 11 is 0. The van der Waals surface area contributed by atoms with Crippen molar-refractivity contribution in [3.63, 3.8) is 0 Å². The van der Waals surface area contributed by atoms with Crippen molar-refractivity contribution in [2.24, 2.45) is 7.05 Å². The van der Waals surface area contributed by atoms with E-state index in [0.717, 1.165) is 16.9 Å². The second-order valence-corrected chi connectivity index (χ2v) is 3.09. The molecule has 0 aliphatic heterocycles. The van der Waals surface area contributed by atoms with E-state index in [1.54, 1.807) is 6.33 Å². The van der Waals surface area contributed by atoms with Gasteiger partial charge in [0.2, 0.25) is 0 Å². The van der Waals surface area contributed by atoms with E-state index in [-0.39, 0.29) is 0 Å². The second kappa shape index (κ2) is 2.30. The Morgan fingerprint density at radius 3 is 2.83 bits per heavy atom. The van der Waals surface area contributed by atoms with Crippen LogP contribution in [-0.2, 0) is 7.05 Å². The molecule has 0 saturated heterocycles. The Hall–Kier alpha value is -1.38. The Kier molecular flexibility index (Phi) is 1.40. The Labute approximate surface area is 71.1 Å². The summed E-state index contributed by atoms with van der Waals surface area (Å²) in [5.41, 5.74) is 4.20. The highest BCUT2D eigenvalue weighted by atomic mass is 15.1. The van der Waals surface area contributed by atoms with Crippen LogP contribution < -0.4 is 0 Å². The molecule has 0 amide bonds. The Morgan fingerprint density at radius 1 is 1.33 bits per heavy atom. The first kappa shape index (κ1) is 7.28. The third-order valence-electron chi connectivity index (χ3n) is 2.16. The second-order valence-electron chi connectivity index (χ2n) is 3.09. The fraction of sp³-hybridized carbons (Fsp3) is 0.333. The van der Waals surface area contributed by atoms with E-state index in [1.165, 1.54) is 5.56 Å². The molecule has 0 aliphatic rings. The number of pyridine rings is 1. The largest absolute Gasteiger partial charge is 0.332 e. The Balaban J connectivity index is 2.87. The summed E-state index contributed by atoms with van der Waals surface area (Å²) in [6.45, 7) is 4.07. The van der Waals surface area contributed by atoms with Crippen molar-refractivity contribution in [3.8, 4) is 0 Å². The van der Waals surface area contributed by atoms with Gasteiger partial charge in [0.05, 0.1) is 11.8 Å². The first-order valence-electron chi connectivity index (χ1n) is 3.94. The van der Waals surface area contributed by atoms with Crippen molar-refractivity contribution in [2.75, 3.05) is 0 Å². The molecule has 0 aliphatic carbocycles. The topological polar surface area (TPSA) is 30.7 Å². The van der Waals surface area contributed by atoms with Gasteiger partial charge >= 0.3 is 0 Å². The predicted molar refractivity (Wildman–Crippen MR) is 48.0 cm³/mol. The van der Waals surface area contributed by atoms with Crippen LogP contribution in [0.25, 0.3) is 11.2 Å². The molecule has 0 spiro atoms. The van der Waals surface area contributed by atoms with E-state index < -0.39 is 0 Å². The highest BCUT2D eigenvalue weighted by Gasteiger charge is 2.02. The SMILES string of the molecule is Cc1cc2c(ncn2C)nc1C. The molecule has 3 nitrogen and oxygen atoms in total. The first-order valence-corrected chi connectivity index (χ1v) is 3.94. The van der Waals surface area contributed by atoms with Gasteiger partial charge in [-0.1, -0.05) is 0 Å². The van der Waals surface area contributed by atoms with Crippen molar-refractivity contribution < 1.29 is 0 Å². The van der Waals surface area contributed by atoms with Crippen LogP contribution in [-0.4, -0.2) is 14.5 Å². The molecule has 0 atom stereocenters. The monoisotopic (exact) mass is 161 g/mol. The van der Waals surface area contributed by atoms with E-state index in [9.17, 15) is 0 Å². The van der Waals surface area contributed by atoms with Crippen molar-refractivity contribution >= 4 is 11.2 Å². The normalized spacial score (nSPS) is 10.9. The number of rotatable bonds is 0. The van der Waals surface area contributed by atoms with Gasteiger partial charge in [-0.15, -0.1) is 0 Å². The molecule has 2 aromatic rings. The number of hydrogen-bond acceptors (Lipinski definition) is 2. The number of hydrogen-bond donors (Lipinski definition) is 0. The van der Waals surface area contributed by atoms with Crippen LogP contribution in [0.4, 0.5) is 0 Å². The van der Waals surface area contributed by atoms with Crippen molar-refractivity contribution in [1.29, 1.82) is 0 Å². The van der Waals surface area contributed by atoms with E-state index in [1.807, 2.05) is 18.5 Å². The van der Waals surface area contributed by atoms with Gasteiger partial charge < -0.3 is 4.57 Å². The molecule has 0 radical (unpaired) electrons. The highest BCUT2D eigenvalue weighted by molar-refractivity contribution is 5.71. The van der Waals surface area contributed by atoms with Crippen molar-refractivity contribution in [2.45, 2.75) is 13.8 Å². The van der Waals surface area contributed by atoms with Gasteiger partial charge in [0.25, 0.3) is 0 Å². The first-order chi connectivity index (χ1) is 5.68. The molecule has 3 heteroatoms. The van der Waals surface area contributed by atoms with E-state index >= 15 is 0 Å². The zero-order chi connectivity index (χ0) is 8.72. The molecule has 0 unspecified atom stereocenters. The Morgan fingerprint density at radius 2 is 2.08 bits per heavy atom. The minimum atomic E-state index is 0.834. The fourth-order valence-electron chi connectivity index (χ4n) is 1.24. The maximum absolute atomic E-state index is 4.36. The third-order valence-corrected chi connectivity index (χ3v) is 2.16. The maximum atomic E-state index is 4.36. The lowest BCUT2D eigenvalue weighted by Gasteiger charge is -1.98. The zero-order valence-corrected chi connectivity index (χ0v) is 7.50. The van der Waals surface area contributed by atoms with E-state index in [2.05, 4.69) is 23.0 Å². The minimum absolute atomic E-state index is 0.834. The molecule has 0 fully saturated rings. The maximum Gasteiger partial charge on any atom is 0.177 e. The molecular weight excluding hydrogens is 150 g/mol. The van der Waals surface area contributed by atoms with Crippen LogP contribution in [0.2, 0.25) is 0 Å². The standard InChI is InChI=1S/C9H11N3/c1-6-4-8-9(11-7(6)2)10-5-12(8)3/h4-5H,1-3H3.